The van der Waals surface area contributed by atoms with E-state index in [1.807, 2.05) is 18.5 Å². The first kappa shape index (κ1) is 12.2. The molecule has 3 nitrogen and oxygen atoms in total. The highest BCUT2D eigenvalue weighted by Gasteiger charge is 2.24. The van der Waals surface area contributed by atoms with Gasteiger partial charge in [-0.3, -0.25) is 0 Å². The van der Waals surface area contributed by atoms with Crippen molar-refractivity contribution in [3.63, 3.8) is 0 Å². The van der Waals surface area contributed by atoms with Gasteiger partial charge in [0.15, 0.2) is 0 Å². The van der Waals surface area contributed by atoms with Crippen molar-refractivity contribution in [1.82, 2.24) is 15.2 Å². The molecule has 2 heterocycles. The normalized spacial score (nSPS) is 14.2. The summed E-state index contributed by atoms with van der Waals surface area (Å²) in [6.07, 6.45) is 6.47. The number of aryl methyl sites for hydroxylation is 1. The Kier molecular flexibility index (Phi) is 3.25. The molecular weight excluding hydrogens is 254 g/mol. The molecule has 0 aliphatic heterocycles. The summed E-state index contributed by atoms with van der Waals surface area (Å²) >= 11 is 5.09. The van der Waals surface area contributed by atoms with E-state index in [2.05, 4.69) is 40.3 Å². The molecule has 0 spiro atoms. The minimum Gasteiger partial charge on any atom is -0.352 e. The topological polar surface area (TPSA) is 47.4 Å². The van der Waals surface area contributed by atoms with E-state index in [0.29, 0.717) is 5.92 Å². The van der Waals surface area contributed by atoms with Crippen molar-refractivity contribution in [2.45, 2.75) is 25.7 Å². The number of nitrogens with one attached hydrogen (secondary N) is 3. The third kappa shape index (κ3) is 2.79. The maximum Gasteiger partial charge on any atom is 0.103 e. The van der Waals surface area contributed by atoms with Crippen LogP contribution in [0.1, 0.15) is 30.0 Å². The number of hydrogen-bond acceptors (Lipinski definition) is 1. The number of H-pyrrole nitrogens is 3. The van der Waals surface area contributed by atoms with Crippen LogP contribution in [0.25, 0.3) is 11.1 Å². The zero-order chi connectivity index (χ0) is 13.2. The van der Waals surface area contributed by atoms with Crippen LogP contribution in [-0.2, 0) is 0 Å². The van der Waals surface area contributed by atoms with Gasteiger partial charge in [0.2, 0.25) is 0 Å². The Hall–Kier alpha value is -1.81. The fraction of sp³-hybridized carbons (Fsp3) is 0.267. The number of pyridine rings is 1. The second-order valence-electron chi connectivity index (χ2n) is 5.01. The van der Waals surface area contributed by atoms with E-state index < -0.39 is 0 Å². The lowest BCUT2D eigenvalue weighted by molar-refractivity contribution is 0.919. The fourth-order valence-corrected chi connectivity index (χ4v) is 2.37. The van der Waals surface area contributed by atoms with Gasteiger partial charge in [0.25, 0.3) is 0 Å². The van der Waals surface area contributed by atoms with Crippen molar-refractivity contribution < 1.29 is 0 Å². The second kappa shape index (κ2) is 5.05. The smallest absolute Gasteiger partial charge is 0.103 e. The predicted octanol–water partition coefficient (Wildman–Crippen LogP) is 4.38. The van der Waals surface area contributed by atoms with Gasteiger partial charge in [-0.2, -0.15) is 0 Å². The Balaban J connectivity index is 2.12. The SMILES string of the molecule is Cc1cc(C2CC2)[nH][nH]ccc1-c1ccc(=S)[nH]c1. The minimum atomic E-state index is 0.691. The lowest BCUT2D eigenvalue weighted by atomic mass is 10.0. The van der Waals surface area contributed by atoms with Gasteiger partial charge in [0.05, 0.1) is 0 Å². The molecule has 2 aromatic heterocycles. The number of hydrogen-bond donors (Lipinski definition) is 3. The third-order valence-electron chi connectivity index (χ3n) is 3.46. The van der Waals surface area contributed by atoms with Gasteiger partial charge in [0, 0.05) is 24.0 Å². The number of aromatic nitrogens is 3. The molecule has 0 saturated heterocycles. The third-order valence-corrected chi connectivity index (χ3v) is 3.71. The maximum atomic E-state index is 5.09. The molecule has 1 fully saturated rings. The predicted molar refractivity (Wildman–Crippen MR) is 80.1 cm³/mol. The molecule has 0 bridgehead atoms. The van der Waals surface area contributed by atoms with E-state index in [4.69, 9.17) is 12.2 Å². The molecule has 0 amide bonds. The van der Waals surface area contributed by atoms with Crippen LogP contribution in [0.2, 0.25) is 0 Å². The largest absolute Gasteiger partial charge is 0.352 e. The average molecular weight is 271 g/mol. The van der Waals surface area contributed by atoms with Crippen LogP contribution in [-0.4, -0.2) is 15.2 Å². The van der Waals surface area contributed by atoms with Gasteiger partial charge in [-0.1, -0.05) is 12.2 Å². The Morgan fingerprint density at radius 3 is 2.74 bits per heavy atom. The second-order valence-corrected chi connectivity index (χ2v) is 5.45. The lowest BCUT2D eigenvalue weighted by Crippen LogP contribution is -1.90. The molecule has 3 rings (SSSR count). The summed E-state index contributed by atoms with van der Waals surface area (Å²) in [6, 6.07) is 8.30. The van der Waals surface area contributed by atoms with Crippen LogP contribution in [0.3, 0.4) is 0 Å². The molecule has 19 heavy (non-hydrogen) atoms. The van der Waals surface area contributed by atoms with E-state index >= 15 is 0 Å². The average Bonchev–Trinajstić information content (AvgIpc) is 3.20. The Labute approximate surface area is 117 Å². The van der Waals surface area contributed by atoms with E-state index in [1.165, 1.54) is 29.7 Å². The first-order valence-corrected chi connectivity index (χ1v) is 6.94. The highest BCUT2D eigenvalue weighted by molar-refractivity contribution is 7.71. The first-order valence-electron chi connectivity index (χ1n) is 6.54. The van der Waals surface area contributed by atoms with Crippen LogP contribution in [0.5, 0.6) is 0 Å². The van der Waals surface area contributed by atoms with Crippen LogP contribution in [0.15, 0.2) is 36.7 Å². The van der Waals surface area contributed by atoms with Gasteiger partial charge in [-0.15, -0.1) is 0 Å². The fourth-order valence-electron chi connectivity index (χ4n) is 2.24. The van der Waals surface area contributed by atoms with E-state index in [-0.39, 0.29) is 0 Å². The van der Waals surface area contributed by atoms with Crippen LogP contribution in [0, 0.1) is 11.6 Å². The van der Waals surface area contributed by atoms with Crippen LogP contribution in [0.4, 0.5) is 0 Å². The van der Waals surface area contributed by atoms with Crippen molar-refractivity contribution in [2.75, 3.05) is 0 Å². The van der Waals surface area contributed by atoms with Gasteiger partial charge in [-0.25, -0.2) is 0 Å². The molecular formula is C15H17N3S. The van der Waals surface area contributed by atoms with Gasteiger partial charge < -0.3 is 15.2 Å². The van der Waals surface area contributed by atoms with Gasteiger partial charge in [0.1, 0.15) is 4.64 Å². The van der Waals surface area contributed by atoms with Crippen molar-refractivity contribution in [1.29, 1.82) is 0 Å². The quantitative estimate of drug-likeness (QED) is 0.697. The molecule has 0 atom stereocenters. The molecule has 0 aromatic carbocycles. The molecule has 3 N–H and O–H groups in total. The zero-order valence-electron chi connectivity index (χ0n) is 10.9. The molecule has 1 aliphatic rings. The summed E-state index contributed by atoms with van der Waals surface area (Å²) < 4.78 is 0.755. The van der Waals surface area contributed by atoms with E-state index in [1.54, 1.807) is 0 Å². The summed E-state index contributed by atoms with van der Waals surface area (Å²) in [5.41, 5.74) is 4.90. The Bertz CT molecular complexity index is 667. The molecule has 0 unspecified atom stereocenters. The summed E-state index contributed by atoms with van der Waals surface area (Å²) in [7, 11) is 0. The molecule has 1 aliphatic carbocycles. The van der Waals surface area contributed by atoms with E-state index in [9.17, 15) is 0 Å². The van der Waals surface area contributed by atoms with Crippen molar-refractivity contribution in [3.05, 3.63) is 52.6 Å². The number of aromatic amines is 3. The summed E-state index contributed by atoms with van der Waals surface area (Å²) in [6.45, 7) is 2.15. The zero-order valence-corrected chi connectivity index (χ0v) is 11.7. The molecule has 4 heteroatoms. The van der Waals surface area contributed by atoms with Crippen LogP contribution >= 0.6 is 12.2 Å². The molecule has 98 valence electrons. The molecule has 0 radical (unpaired) electrons. The number of rotatable bonds is 2. The van der Waals surface area contributed by atoms with Crippen molar-refractivity contribution >= 4 is 12.2 Å². The Morgan fingerprint density at radius 2 is 2.05 bits per heavy atom. The molecule has 2 aromatic rings. The highest BCUT2D eigenvalue weighted by atomic mass is 32.1. The Morgan fingerprint density at radius 1 is 1.21 bits per heavy atom. The lowest BCUT2D eigenvalue weighted by Gasteiger charge is -2.06. The summed E-state index contributed by atoms with van der Waals surface area (Å²) in [5, 5.41) is 6.39. The van der Waals surface area contributed by atoms with Crippen molar-refractivity contribution in [3.8, 4) is 11.1 Å². The monoisotopic (exact) mass is 271 g/mol. The highest BCUT2D eigenvalue weighted by Crippen LogP contribution is 2.39. The first-order chi connectivity index (χ1) is 9.24. The standard InChI is InChI=1S/C15H17N3S/c1-10-8-14(11-2-3-11)18-17-7-6-13(10)12-4-5-15(19)16-9-12/h4-9,11,17-18H,2-3H2,1H3,(H,16,19). The summed E-state index contributed by atoms with van der Waals surface area (Å²) in [4.78, 5) is 3.09. The maximum absolute atomic E-state index is 5.09. The molecule has 1 saturated carbocycles. The minimum absolute atomic E-state index is 0.691. The van der Waals surface area contributed by atoms with Gasteiger partial charge in [-0.05, 0) is 60.7 Å². The summed E-state index contributed by atoms with van der Waals surface area (Å²) in [5.74, 6) is 0.691. The van der Waals surface area contributed by atoms with E-state index in [0.717, 1.165) is 10.2 Å². The van der Waals surface area contributed by atoms with Gasteiger partial charge >= 0.3 is 0 Å². The van der Waals surface area contributed by atoms with Crippen LogP contribution < -0.4 is 0 Å². The van der Waals surface area contributed by atoms with Crippen molar-refractivity contribution in [2.24, 2.45) is 0 Å².